The van der Waals surface area contributed by atoms with Crippen LogP contribution in [0.5, 0.6) is 0 Å². The molecule has 0 aromatic heterocycles. The first-order chi connectivity index (χ1) is 11.6. The average Bonchev–Trinajstić information content (AvgIpc) is 2.61. The lowest BCUT2D eigenvalue weighted by Gasteiger charge is -2.28. The van der Waals surface area contributed by atoms with E-state index in [-0.39, 0.29) is 10.6 Å². The van der Waals surface area contributed by atoms with Gasteiger partial charge in [0.25, 0.3) is 5.69 Å². The van der Waals surface area contributed by atoms with Crippen LogP contribution in [0.1, 0.15) is 30.4 Å². The largest absolute Gasteiger partial charge is 0.381 e. The van der Waals surface area contributed by atoms with Gasteiger partial charge < -0.3 is 10.2 Å². The number of benzene rings is 2. The van der Waals surface area contributed by atoms with Gasteiger partial charge in [-0.2, -0.15) is 0 Å². The minimum Gasteiger partial charge on any atom is -0.381 e. The van der Waals surface area contributed by atoms with Gasteiger partial charge in [-0.05, 0) is 49.4 Å². The quantitative estimate of drug-likeness (QED) is 0.649. The van der Waals surface area contributed by atoms with Gasteiger partial charge in [-0.1, -0.05) is 24.3 Å². The van der Waals surface area contributed by atoms with Gasteiger partial charge in [0, 0.05) is 31.4 Å². The van der Waals surface area contributed by atoms with Crippen molar-refractivity contribution in [1.82, 2.24) is 0 Å². The zero-order chi connectivity index (χ0) is 16.9. The molecule has 0 amide bonds. The van der Waals surface area contributed by atoms with Crippen molar-refractivity contribution < 1.29 is 4.92 Å². The molecule has 1 aliphatic heterocycles. The van der Waals surface area contributed by atoms with E-state index in [0.717, 1.165) is 48.4 Å². The lowest BCUT2D eigenvalue weighted by molar-refractivity contribution is -0.384. The molecule has 0 radical (unpaired) electrons. The van der Waals surface area contributed by atoms with Crippen molar-refractivity contribution in [1.29, 1.82) is 0 Å². The summed E-state index contributed by atoms with van der Waals surface area (Å²) in [5.41, 5.74) is 4.10. The zero-order valence-electron chi connectivity index (χ0n) is 14.0. The van der Waals surface area contributed by atoms with E-state index in [9.17, 15) is 10.1 Å². The van der Waals surface area contributed by atoms with Crippen LogP contribution in [-0.2, 0) is 6.54 Å². The molecule has 0 atom stereocenters. The fraction of sp³-hybridized carbons (Fsp3) is 0.368. The Morgan fingerprint density at radius 1 is 1.12 bits per heavy atom. The van der Waals surface area contributed by atoms with E-state index in [1.807, 2.05) is 43.3 Å². The minimum atomic E-state index is -0.263. The SMILES string of the molecule is Cc1ccccc1NCc1ccc(N2CCCCC2)c([N+](=O)[O-])c1. The standard InChI is InChI=1S/C19H23N3O2/c1-15-7-3-4-8-17(15)20-14-16-9-10-18(19(13-16)22(23)24)21-11-5-2-6-12-21/h3-4,7-10,13,20H,2,5-6,11-12,14H2,1H3. The van der Waals surface area contributed by atoms with Crippen LogP contribution in [0.3, 0.4) is 0 Å². The topological polar surface area (TPSA) is 58.4 Å². The minimum absolute atomic E-state index is 0.209. The highest BCUT2D eigenvalue weighted by Gasteiger charge is 2.21. The molecule has 0 spiro atoms. The summed E-state index contributed by atoms with van der Waals surface area (Å²) >= 11 is 0. The van der Waals surface area contributed by atoms with Crippen LogP contribution >= 0.6 is 0 Å². The van der Waals surface area contributed by atoms with E-state index < -0.39 is 0 Å². The molecule has 2 aromatic rings. The summed E-state index contributed by atoms with van der Waals surface area (Å²) < 4.78 is 0. The van der Waals surface area contributed by atoms with Crippen LogP contribution in [0.2, 0.25) is 0 Å². The van der Waals surface area contributed by atoms with E-state index in [4.69, 9.17) is 0 Å². The second-order valence-corrected chi connectivity index (χ2v) is 6.30. The van der Waals surface area contributed by atoms with Crippen LogP contribution in [0, 0.1) is 17.0 Å². The van der Waals surface area contributed by atoms with E-state index in [2.05, 4.69) is 10.2 Å². The Labute approximate surface area is 142 Å². The highest BCUT2D eigenvalue weighted by atomic mass is 16.6. The van der Waals surface area contributed by atoms with Gasteiger partial charge in [0.05, 0.1) is 4.92 Å². The molecule has 0 unspecified atom stereocenters. The van der Waals surface area contributed by atoms with Crippen molar-refractivity contribution in [2.24, 2.45) is 0 Å². The number of anilines is 2. The number of rotatable bonds is 5. The predicted molar refractivity (Wildman–Crippen MR) is 97.7 cm³/mol. The molecule has 3 rings (SSSR count). The molecule has 5 nitrogen and oxygen atoms in total. The summed E-state index contributed by atoms with van der Waals surface area (Å²) in [6.07, 6.45) is 3.42. The van der Waals surface area contributed by atoms with E-state index >= 15 is 0 Å². The highest BCUT2D eigenvalue weighted by molar-refractivity contribution is 5.65. The Bertz CT molecular complexity index is 724. The summed E-state index contributed by atoms with van der Waals surface area (Å²) in [4.78, 5) is 13.4. The van der Waals surface area contributed by atoms with E-state index in [1.54, 1.807) is 6.07 Å². The summed E-state index contributed by atoms with van der Waals surface area (Å²) in [7, 11) is 0. The second kappa shape index (κ2) is 7.34. The van der Waals surface area contributed by atoms with Crippen molar-refractivity contribution in [2.45, 2.75) is 32.7 Å². The summed E-state index contributed by atoms with van der Waals surface area (Å²) in [5, 5.41) is 14.9. The zero-order valence-corrected chi connectivity index (χ0v) is 14.0. The van der Waals surface area contributed by atoms with Gasteiger partial charge in [0.2, 0.25) is 0 Å². The van der Waals surface area contributed by atoms with Crippen LogP contribution < -0.4 is 10.2 Å². The third-order valence-electron chi connectivity index (χ3n) is 4.56. The molecule has 2 aromatic carbocycles. The van der Waals surface area contributed by atoms with Crippen molar-refractivity contribution in [3.63, 3.8) is 0 Å². The first-order valence-corrected chi connectivity index (χ1v) is 8.47. The molecule has 0 bridgehead atoms. The van der Waals surface area contributed by atoms with Crippen LogP contribution in [0.4, 0.5) is 17.1 Å². The number of hydrogen-bond acceptors (Lipinski definition) is 4. The maximum absolute atomic E-state index is 11.5. The number of piperidine rings is 1. The fourth-order valence-corrected chi connectivity index (χ4v) is 3.20. The van der Waals surface area contributed by atoms with Crippen molar-refractivity contribution in [3.05, 3.63) is 63.7 Å². The molecule has 1 aliphatic rings. The first kappa shape index (κ1) is 16.3. The fourth-order valence-electron chi connectivity index (χ4n) is 3.20. The molecule has 1 fully saturated rings. The smallest absolute Gasteiger partial charge is 0.292 e. The summed E-state index contributed by atoms with van der Waals surface area (Å²) in [6.45, 7) is 4.43. The highest BCUT2D eigenvalue weighted by Crippen LogP contribution is 2.31. The maximum atomic E-state index is 11.5. The molecular weight excluding hydrogens is 302 g/mol. The molecule has 0 aliphatic carbocycles. The summed E-state index contributed by atoms with van der Waals surface area (Å²) in [6, 6.07) is 13.6. The number of hydrogen-bond donors (Lipinski definition) is 1. The molecular formula is C19H23N3O2. The Hall–Kier alpha value is -2.56. The average molecular weight is 325 g/mol. The molecule has 24 heavy (non-hydrogen) atoms. The van der Waals surface area contributed by atoms with Crippen LogP contribution in [0.15, 0.2) is 42.5 Å². The Morgan fingerprint density at radius 2 is 1.88 bits per heavy atom. The van der Waals surface area contributed by atoms with Gasteiger partial charge in [0.15, 0.2) is 0 Å². The molecule has 5 heteroatoms. The van der Waals surface area contributed by atoms with Crippen LogP contribution in [0.25, 0.3) is 0 Å². The normalized spacial score (nSPS) is 14.5. The number of aryl methyl sites for hydroxylation is 1. The van der Waals surface area contributed by atoms with Crippen LogP contribution in [-0.4, -0.2) is 18.0 Å². The second-order valence-electron chi connectivity index (χ2n) is 6.30. The maximum Gasteiger partial charge on any atom is 0.292 e. The molecule has 126 valence electrons. The lowest BCUT2D eigenvalue weighted by Crippen LogP contribution is -2.30. The molecule has 1 N–H and O–H groups in total. The molecule has 1 heterocycles. The van der Waals surface area contributed by atoms with Gasteiger partial charge in [0.1, 0.15) is 5.69 Å². The lowest BCUT2D eigenvalue weighted by atomic mass is 10.1. The van der Waals surface area contributed by atoms with Gasteiger partial charge in [-0.3, -0.25) is 10.1 Å². The van der Waals surface area contributed by atoms with E-state index in [0.29, 0.717) is 6.54 Å². The molecule has 0 saturated carbocycles. The van der Waals surface area contributed by atoms with E-state index in [1.165, 1.54) is 6.42 Å². The third kappa shape index (κ3) is 3.67. The number of para-hydroxylation sites is 1. The van der Waals surface area contributed by atoms with Crippen molar-refractivity contribution in [3.8, 4) is 0 Å². The Morgan fingerprint density at radius 3 is 2.58 bits per heavy atom. The number of nitrogens with one attached hydrogen (secondary N) is 1. The predicted octanol–water partition coefficient (Wildman–Crippen LogP) is 4.51. The van der Waals surface area contributed by atoms with Gasteiger partial charge in [-0.25, -0.2) is 0 Å². The van der Waals surface area contributed by atoms with Crippen molar-refractivity contribution >= 4 is 17.1 Å². The third-order valence-corrected chi connectivity index (χ3v) is 4.56. The summed E-state index contributed by atoms with van der Waals surface area (Å²) in [5.74, 6) is 0. The van der Waals surface area contributed by atoms with Crippen molar-refractivity contribution in [2.75, 3.05) is 23.3 Å². The molecule has 1 saturated heterocycles. The number of nitro benzene ring substituents is 1. The Kier molecular flexibility index (Phi) is 4.99. The monoisotopic (exact) mass is 325 g/mol. The first-order valence-electron chi connectivity index (χ1n) is 8.47. The van der Waals surface area contributed by atoms with Gasteiger partial charge in [-0.15, -0.1) is 0 Å². The van der Waals surface area contributed by atoms with Gasteiger partial charge >= 0.3 is 0 Å². The number of nitro groups is 1. The number of nitrogens with zero attached hydrogens (tertiary/aromatic N) is 2. The Balaban J connectivity index is 1.78.